The molecule has 0 fully saturated rings. The number of nitrogens with one attached hydrogen (secondary N) is 2. The molecule has 0 bridgehead atoms. The number of para-hydroxylation sites is 2. The van der Waals surface area contributed by atoms with Crippen molar-refractivity contribution >= 4 is 11.6 Å². The summed E-state index contributed by atoms with van der Waals surface area (Å²) < 4.78 is 0. The molecule has 4 rings (SSSR count). The van der Waals surface area contributed by atoms with Crippen LogP contribution in [0.25, 0.3) is 0 Å². The summed E-state index contributed by atoms with van der Waals surface area (Å²) in [6.07, 6.45) is 5.40. The molecule has 1 amide bonds. The molecule has 0 radical (unpaired) electrons. The number of carbonyl (C=O) groups excluding carboxylic acids is 1. The van der Waals surface area contributed by atoms with Crippen molar-refractivity contribution in [2.45, 2.75) is 44.7 Å². The minimum Gasteiger partial charge on any atom is -0.508 e. The van der Waals surface area contributed by atoms with Crippen molar-refractivity contribution < 1.29 is 9.90 Å². The minimum absolute atomic E-state index is 0.0395. The Morgan fingerprint density at radius 3 is 2.59 bits per heavy atom. The normalized spacial score (nSPS) is 23.3. The molecule has 0 spiro atoms. The minimum atomic E-state index is -0.304. The van der Waals surface area contributed by atoms with Gasteiger partial charge in [-0.3, -0.25) is 4.79 Å². The van der Waals surface area contributed by atoms with E-state index in [1.165, 1.54) is 0 Å². The zero-order valence-electron chi connectivity index (χ0n) is 16.0. The Labute approximate surface area is 160 Å². The summed E-state index contributed by atoms with van der Waals surface area (Å²) in [4.78, 5) is 12.9. The summed E-state index contributed by atoms with van der Waals surface area (Å²) >= 11 is 0. The number of hydrogen-bond donors (Lipinski definition) is 3. The summed E-state index contributed by atoms with van der Waals surface area (Å²) in [5.74, 6) is 0.781. The van der Waals surface area contributed by atoms with Gasteiger partial charge in [-0.2, -0.15) is 0 Å². The van der Waals surface area contributed by atoms with E-state index in [9.17, 15) is 9.90 Å². The van der Waals surface area contributed by atoms with Gasteiger partial charge in [0.15, 0.2) is 0 Å². The second-order valence-electron chi connectivity index (χ2n) is 8.51. The molecule has 3 N–H and O–H groups in total. The van der Waals surface area contributed by atoms with E-state index in [4.69, 9.17) is 0 Å². The smallest absolute Gasteiger partial charge is 0.253 e. The van der Waals surface area contributed by atoms with E-state index in [1.54, 1.807) is 6.07 Å². The number of rotatable bonds is 2. The predicted molar refractivity (Wildman–Crippen MR) is 108 cm³/mol. The molecule has 0 saturated carbocycles. The first kappa shape index (κ1) is 17.7. The molecule has 3 atom stereocenters. The predicted octanol–water partition coefficient (Wildman–Crippen LogP) is 4.75. The Morgan fingerprint density at radius 1 is 1.11 bits per heavy atom. The first-order valence-corrected chi connectivity index (χ1v) is 9.51. The fourth-order valence-electron chi connectivity index (χ4n) is 4.28. The zero-order chi connectivity index (χ0) is 19.2. The molecule has 2 aromatic carbocycles. The van der Waals surface area contributed by atoms with Gasteiger partial charge in [-0.05, 0) is 50.8 Å². The molecule has 3 unspecified atom stereocenters. The Kier molecular flexibility index (Phi) is 4.22. The Bertz CT molecular complexity index is 911. The first-order chi connectivity index (χ1) is 12.8. The Balaban J connectivity index is 1.79. The fraction of sp³-hybridized carbons (Fsp3) is 0.348. The Morgan fingerprint density at radius 2 is 1.85 bits per heavy atom. The van der Waals surface area contributed by atoms with E-state index in [0.717, 1.165) is 23.2 Å². The highest BCUT2D eigenvalue weighted by Gasteiger charge is 2.40. The van der Waals surface area contributed by atoms with E-state index in [-0.39, 0.29) is 23.4 Å². The van der Waals surface area contributed by atoms with Crippen LogP contribution in [0.3, 0.4) is 0 Å². The van der Waals surface area contributed by atoms with E-state index < -0.39 is 0 Å². The third kappa shape index (κ3) is 3.20. The molecule has 0 aromatic heterocycles. The quantitative estimate of drug-likeness (QED) is 0.676. The number of aromatic hydroxyl groups is 1. The lowest BCUT2D eigenvalue weighted by molar-refractivity contribution is 0.0920. The van der Waals surface area contributed by atoms with Gasteiger partial charge >= 0.3 is 0 Å². The number of anilines is 1. The van der Waals surface area contributed by atoms with Gasteiger partial charge in [-0.1, -0.05) is 42.5 Å². The van der Waals surface area contributed by atoms with Gasteiger partial charge in [0.2, 0.25) is 0 Å². The van der Waals surface area contributed by atoms with Gasteiger partial charge in [0.25, 0.3) is 5.91 Å². The van der Waals surface area contributed by atoms with Crippen molar-refractivity contribution in [2.24, 2.45) is 5.92 Å². The van der Waals surface area contributed by atoms with Gasteiger partial charge in [-0.15, -0.1) is 0 Å². The van der Waals surface area contributed by atoms with Gasteiger partial charge in [0, 0.05) is 17.0 Å². The molecule has 140 valence electrons. The second kappa shape index (κ2) is 6.45. The standard InChI is InChI=1S/C23H26N2O2/c1-23(2,3)25-22(27)18-12-7-11-16-14-9-6-10-15(14)20(24-21(16)18)17-8-4-5-13-19(17)26/h4-9,11-15,20,24,26H,10H2,1-3H3,(H,25,27). The van der Waals surface area contributed by atoms with Crippen LogP contribution >= 0.6 is 0 Å². The van der Waals surface area contributed by atoms with Crippen LogP contribution in [0.2, 0.25) is 0 Å². The number of fused-ring (bicyclic) bond motifs is 3. The summed E-state index contributed by atoms with van der Waals surface area (Å²) in [5, 5.41) is 17.1. The zero-order valence-corrected chi connectivity index (χ0v) is 16.0. The molecule has 1 heterocycles. The topological polar surface area (TPSA) is 61.4 Å². The van der Waals surface area contributed by atoms with Crippen molar-refractivity contribution in [1.82, 2.24) is 5.32 Å². The van der Waals surface area contributed by atoms with Gasteiger partial charge in [0.05, 0.1) is 17.3 Å². The number of phenols is 1. The maximum atomic E-state index is 12.9. The monoisotopic (exact) mass is 362 g/mol. The van der Waals surface area contributed by atoms with Crippen LogP contribution < -0.4 is 10.6 Å². The van der Waals surface area contributed by atoms with Crippen molar-refractivity contribution in [1.29, 1.82) is 0 Å². The molecular formula is C23H26N2O2. The van der Waals surface area contributed by atoms with Crippen molar-refractivity contribution in [3.63, 3.8) is 0 Å². The van der Waals surface area contributed by atoms with Gasteiger partial charge < -0.3 is 15.7 Å². The number of hydrogen-bond acceptors (Lipinski definition) is 3. The highest BCUT2D eigenvalue weighted by molar-refractivity contribution is 6.01. The molecule has 2 aromatic rings. The van der Waals surface area contributed by atoms with Crippen LogP contribution in [0.1, 0.15) is 60.6 Å². The van der Waals surface area contributed by atoms with E-state index in [2.05, 4.69) is 28.9 Å². The van der Waals surface area contributed by atoms with Crippen LogP contribution in [0.4, 0.5) is 5.69 Å². The third-order valence-electron chi connectivity index (χ3n) is 5.40. The number of benzene rings is 2. The van der Waals surface area contributed by atoms with Crippen molar-refractivity contribution in [3.05, 3.63) is 71.3 Å². The first-order valence-electron chi connectivity index (χ1n) is 9.51. The van der Waals surface area contributed by atoms with Crippen LogP contribution in [0.15, 0.2) is 54.6 Å². The molecule has 1 aliphatic heterocycles. The molecule has 4 nitrogen and oxygen atoms in total. The molecule has 0 saturated heterocycles. The lowest BCUT2D eigenvalue weighted by Crippen LogP contribution is -2.41. The summed E-state index contributed by atoms with van der Waals surface area (Å²) in [6, 6.07) is 13.4. The average Bonchev–Trinajstić information content (AvgIpc) is 3.09. The van der Waals surface area contributed by atoms with Crippen LogP contribution in [0, 0.1) is 5.92 Å². The van der Waals surface area contributed by atoms with Crippen LogP contribution in [-0.4, -0.2) is 16.6 Å². The number of phenolic OH excluding ortho intramolecular Hbond substituents is 1. The molecule has 27 heavy (non-hydrogen) atoms. The third-order valence-corrected chi connectivity index (χ3v) is 5.40. The van der Waals surface area contributed by atoms with E-state index in [0.29, 0.717) is 17.2 Å². The maximum absolute atomic E-state index is 12.9. The highest BCUT2D eigenvalue weighted by atomic mass is 16.3. The number of carbonyl (C=O) groups is 1. The van der Waals surface area contributed by atoms with E-state index >= 15 is 0 Å². The van der Waals surface area contributed by atoms with Gasteiger partial charge in [0.1, 0.15) is 5.75 Å². The van der Waals surface area contributed by atoms with Crippen LogP contribution in [-0.2, 0) is 0 Å². The maximum Gasteiger partial charge on any atom is 0.253 e. The van der Waals surface area contributed by atoms with Crippen molar-refractivity contribution in [2.75, 3.05) is 5.32 Å². The molecule has 1 aliphatic carbocycles. The average molecular weight is 362 g/mol. The van der Waals surface area contributed by atoms with Crippen LogP contribution in [0.5, 0.6) is 5.75 Å². The SMILES string of the molecule is CC(C)(C)NC(=O)c1cccc2c1NC(c1ccccc1O)C1CC=CC21. The fourth-order valence-corrected chi connectivity index (χ4v) is 4.28. The van der Waals surface area contributed by atoms with Crippen molar-refractivity contribution in [3.8, 4) is 5.75 Å². The highest BCUT2D eigenvalue weighted by Crippen LogP contribution is 2.51. The van der Waals surface area contributed by atoms with Gasteiger partial charge in [-0.25, -0.2) is 0 Å². The summed E-state index contributed by atoms with van der Waals surface area (Å²) in [7, 11) is 0. The van der Waals surface area contributed by atoms with E-state index in [1.807, 2.05) is 51.1 Å². The summed E-state index contributed by atoms with van der Waals surface area (Å²) in [5.41, 5.74) is 3.26. The summed E-state index contributed by atoms with van der Waals surface area (Å²) in [6.45, 7) is 5.94. The lowest BCUT2D eigenvalue weighted by atomic mass is 9.76. The molecular weight excluding hydrogens is 336 g/mol. The lowest BCUT2D eigenvalue weighted by Gasteiger charge is -2.38. The number of allylic oxidation sites excluding steroid dienone is 2. The largest absolute Gasteiger partial charge is 0.508 e. The Hall–Kier alpha value is -2.75. The molecule has 4 heteroatoms. The number of amides is 1. The second-order valence-corrected chi connectivity index (χ2v) is 8.51. The molecule has 2 aliphatic rings.